The number of rotatable bonds is 6. The zero-order valence-corrected chi connectivity index (χ0v) is 16.8. The molecule has 0 spiro atoms. The normalized spacial score (nSPS) is 10.7. The summed E-state index contributed by atoms with van der Waals surface area (Å²) in [5.74, 6) is 0.462. The number of anilines is 1. The van der Waals surface area contributed by atoms with Crippen LogP contribution in [0.5, 0.6) is 5.75 Å². The molecule has 0 aliphatic carbocycles. The van der Waals surface area contributed by atoms with Crippen molar-refractivity contribution < 1.29 is 9.53 Å². The van der Waals surface area contributed by atoms with Crippen molar-refractivity contribution in [3.63, 3.8) is 0 Å². The van der Waals surface area contributed by atoms with E-state index in [1.807, 2.05) is 66.9 Å². The highest BCUT2D eigenvalue weighted by atomic mass is 32.1. The number of hydrogen-bond acceptors (Lipinski definition) is 6. The molecule has 0 bridgehead atoms. The van der Waals surface area contributed by atoms with E-state index in [-0.39, 0.29) is 5.91 Å². The van der Waals surface area contributed by atoms with E-state index in [4.69, 9.17) is 4.74 Å². The molecule has 4 aromatic rings. The number of methoxy groups -OCH3 is 1. The zero-order valence-electron chi connectivity index (χ0n) is 16.0. The van der Waals surface area contributed by atoms with Gasteiger partial charge in [0.1, 0.15) is 5.75 Å². The lowest BCUT2D eigenvalue weighted by Gasteiger charge is -2.04. The fourth-order valence-electron chi connectivity index (χ4n) is 2.86. The molecule has 0 aliphatic rings. The highest BCUT2D eigenvalue weighted by molar-refractivity contribution is 7.14. The van der Waals surface area contributed by atoms with Crippen molar-refractivity contribution >= 4 is 22.4 Å². The SMILES string of the molecule is COc1ccc(-c2csc(NC(=O)c3nnn(Cc4ccccc4)c3C)n2)cc1. The molecule has 0 unspecified atom stereocenters. The van der Waals surface area contributed by atoms with Crippen molar-refractivity contribution in [3.05, 3.63) is 76.9 Å². The first-order valence-corrected chi connectivity index (χ1v) is 9.87. The zero-order chi connectivity index (χ0) is 20.2. The molecule has 2 heterocycles. The maximum Gasteiger partial charge on any atom is 0.279 e. The Morgan fingerprint density at radius 1 is 1.14 bits per heavy atom. The van der Waals surface area contributed by atoms with Crippen LogP contribution in [0.2, 0.25) is 0 Å². The third-order valence-corrected chi connectivity index (χ3v) is 5.24. The summed E-state index contributed by atoms with van der Waals surface area (Å²) in [5, 5.41) is 13.4. The van der Waals surface area contributed by atoms with Gasteiger partial charge in [-0.15, -0.1) is 16.4 Å². The van der Waals surface area contributed by atoms with E-state index in [2.05, 4.69) is 20.6 Å². The standard InChI is InChI=1S/C21H19N5O2S/c1-14-19(24-25-26(14)12-15-6-4-3-5-7-15)20(27)23-21-22-18(13-29-21)16-8-10-17(28-2)11-9-16/h3-11,13H,12H2,1-2H3,(H,22,23,27). The number of nitrogens with one attached hydrogen (secondary N) is 1. The lowest BCUT2D eigenvalue weighted by molar-refractivity contribution is 0.102. The van der Waals surface area contributed by atoms with Crippen LogP contribution in [0.25, 0.3) is 11.3 Å². The maximum atomic E-state index is 12.7. The van der Waals surface area contributed by atoms with E-state index in [1.165, 1.54) is 11.3 Å². The number of amides is 1. The van der Waals surface area contributed by atoms with Crippen LogP contribution in [-0.2, 0) is 6.54 Å². The Labute approximate surface area is 172 Å². The molecular weight excluding hydrogens is 386 g/mol. The number of benzene rings is 2. The fourth-order valence-corrected chi connectivity index (χ4v) is 3.57. The molecule has 4 rings (SSSR count). The van der Waals surface area contributed by atoms with Gasteiger partial charge in [0.15, 0.2) is 10.8 Å². The summed E-state index contributed by atoms with van der Waals surface area (Å²) < 4.78 is 6.89. The van der Waals surface area contributed by atoms with Crippen LogP contribution >= 0.6 is 11.3 Å². The smallest absolute Gasteiger partial charge is 0.279 e. The van der Waals surface area contributed by atoms with E-state index in [9.17, 15) is 4.79 Å². The number of aromatic nitrogens is 4. The molecule has 1 amide bonds. The van der Waals surface area contributed by atoms with Gasteiger partial charge in [-0.2, -0.15) is 0 Å². The molecule has 29 heavy (non-hydrogen) atoms. The molecule has 0 saturated heterocycles. The van der Waals surface area contributed by atoms with Gasteiger partial charge in [-0.3, -0.25) is 10.1 Å². The van der Waals surface area contributed by atoms with Crippen LogP contribution in [0.15, 0.2) is 60.0 Å². The highest BCUT2D eigenvalue weighted by Gasteiger charge is 2.18. The first-order valence-electron chi connectivity index (χ1n) is 8.99. The largest absolute Gasteiger partial charge is 0.497 e. The van der Waals surface area contributed by atoms with Crippen LogP contribution in [0.3, 0.4) is 0 Å². The lowest BCUT2D eigenvalue weighted by Crippen LogP contribution is -2.14. The molecule has 0 aliphatic heterocycles. The van der Waals surface area contributed by atoms with E-state index in [0.717, 1.165) is 22.6 Å². The molecular formula is C21H19N5O2S. The Morgan fingerprint density at radius 2 is 1.90 bits per heavy atom. The Morgan fingerprint density at radius 3 is 2.62 bits per heavy atom. The monoisotopic (exact) mass is 405 g/mol. The molecule has 8 heteroatoms. The van der Waals surface area contributed by atoms with Gasteiger partial charge in [-0.1, -0.05) is 35.5 Å². The summed E-state index contributed by atoms with van der Waals surface area (Å²) in [7, 11) is 1.63. The average Bonchev–Trinajstić information content (AvgIpc) is 3.36. The van der Waals surface area contributed by atoms with Gasteiger partial charge in [0, 0.05) is 10.9 Å². The molecule has 0 radical (unpaired) electrons. The number of carbonyl (C=O) groups excluding carboxylic acids is 1. The number of ether oxygens (including phenoxy) is 1. The molecule has 0 fully saturated rings. The van der Waals surface area contributed by atoms with Crippen LogP contribution in [0.1, 0.15) is 21.7 Å². The van der Waals surface area contributed by atoms with Crippen LogP contribution in [0, 0.1) is 6.92 Å². The summed E-state index contributed by atoms with van der Waals surface area (Å²) in [6.07, 6.45) is 0. The van der Waals surface area contributed by atoms with Crippen molar-refractivity contribution in [1.82, 2.24) is 20.0 Å². The fraction of sp³-hybridized carbons (Fsp3) is 0.143. The molecule has 1 N–H and O–H groups in total. The van der Waals surface area contributed by atoms with Gasteiger partial charge in [-0.25, -0.2) is 9.67 Å². The van der Waals surface area contributed by atoms with Crippen molar-refractivity contribution in [3.8, 4) is 17.0 Å². The average molecular weight is 405 g/mol. The Balaban J connectivity index is 1.46. The van der Waals surface area contributed by atoms with E-state index >= 15 is 0 Å². The second kappa shape index (κ2) is 8.24. The van der Waals surface area contributed by atoms with Crippen LogP contribution in [0.4, 0.5) is 5.13 Å². The third-order valence-electron chi connectivity index (χ3n) is 4.48. The first-order chi connectivity index (χ1) is 14.1. The predicted octanol–water partition coefficient (Wildman–Crippen LogP) is 4.02. The minimum Gasteiger partial charge on any atom is -0.497 e. The van der Waals surface area contributed by atoms with Gasteiger partial charge < -0.3 is 4.74 Å². The molecule has 0 saturated carbocycles. The van der Waals surface area contributed by atoms with Gasteiger partial charge in [0.05, 0.1) is 25.0 Å². The Hall–Kier alpha value is -3.52. The Kier molecular flexibility index (Phi) is 5.35. The van der Waals surface area contributed by atoms with Crippen LogP contribution < -0.4 is 10.1 Å². The molecule has 2 aromatic heterocycles. The van der Waals surface area contributed by atoms with Crippen molar-refractivity contribution in [2.75, 3.05) is 12.4 Å². The summed E-state index contributed by atoms with van der Waals surface area (Å²) in [6, 6.07) is 17.5. The van der Waals surface area contributed by atoms with E-state index < -0.39 is 0 Å². The third kappa shape index (κ3) is 4.17. The lowest BCUT2D eigenvalue weighted by atomic mass is 10.2. The quantitative estimate of drug-likeness (QED) is 0.524. The summed E-state index contributed by atoms with van der Waals surface area (Å²) in [6.45, 7) is 2.40. The topological polar surface area (TPSA) is 81.9 Å². The number of carbonyl (C=O) groups is 1. The number of nitrogens with zero attached hydrogens (tertiary/aromatic N) is 4. The number of thiazole rings is 1. The van der Waals surface area contributed by atoms with Crippen LogP contribution in [-0.4, -0.2) is 33.0 Å². The summed E-state index contributed by atoms with van der Waals surface area (Å²) >= 11 is 1.36. The second-order valence-electron chi connectivity index (χ2n) is 6.39. The van der Waals surface area contributed by atoms with E-state index in [0.29, 0.717) is 23.1 Å². The van der Waals surface area contributed by atoms with Gasteiger partial charge >= 0.3 is 0 Å². The van der Waals surface area contributed by atoms with Crippen molar-refractivity contribution in [1.29, 1.82) is 0 Å². The minimum absolute atomic E-state index is 0.294. The molecule has 0 atom stereocenters. The predicted molar refractivity (Wildman–Crippen MR) is 112 cm³/mol. The Bertz CT molecular complexity index is 1120. The summed E-state index contributed by atoms with van der Waals surface area (Å²) in [4.78, 5) is 17.1. The van der Waals surface area contributed by atoms with Gasteiger partial charge in [0.25, 0.3) is 5.91 Å². The van der Waals surface area contributed by atoms with Gasteiger partial charge in [-0.05, 0) is 36.8 Å². The number of hydrogen-bond donors (Lipinski definition) is 1. The highest BCUT2D eigenvalue weighted by Crippen LogP contribution is 2.26. The minimum atomic E-state index is -0.322. The van der Waals surface area contributed by atoms with Crippen molar-refractivity contribution in [2.45, 2.75) is 13.5 Å². The first kappa shape index (κ1) is 18.8. The summed E-state index contributed by atoms with van der Waals surface area (Å²) in [5.41, 5.74) is 3.84. The van der Waals surface area contributed by atoms with E-state index in [1.54, 1.807) is 11.8 Å². The second-order valence-corrected chi connectivity index (χ2v) is 7.25. The van der Waals surface area contributed by atoms with Crippen molar-refractivity contribution in [2.24, 2.45) is 0 Å². The molecule has 2 aromatic carbocycles. The maximum absolute atomic E-state index is 12.7. The molecule has 7 nitrogen and oxygen atoms in total. The molecule has 146 valence electrons. The van der Waals surface area contributed by atoms with Gasteiger partial charge in [0.2, 0.25) is 0 Å².